The second-order valence-corrected chi connectivity index (χ2v) is 7.26. The lowest BCUT2D eigenvalue weighted by atomic mass is 9.73. The second-order valence-electron chi connectivity index (χ2n) is 7.26. The molecule has 0 amide bonds. The van der Waals surface area contributed by atoms with Gasteiger partial charge in [-0.05, 0) is 56.5 Å². The molecule has 0 aromatic heterocycles. The first-order valence-electron chi connectivity index (χ1n) is 8.54. The van der Waals surface area contributed by atoms with Crippen LogP contribution < -0.4 is 5.32 Å². The highest BCUT2D eigenvalue weighted by Gasteiger charge is 2.39. The minimum absolute atomic E-state index is 0.574. The van der Waals surface area contributed by atoms with Gasteiger partial charge < -0.3 is 10.2 Å². The average Bonchev–Trinajstić information content (AvgIpc) is 2.84. The second kappa shape index (κ2) is 6.58. The molecule has 1 saturated heterocycles. The Kier molecular flexibility index (Phi) is 5.30. The summed E-state index contributed by atoms with van der Waals surface area (Å²) < 4.78 is 0. The van der Waals surface area contributed by atoms with Crippen molar-refractivity contribution in [1.29, 1.82) is 0 Å². The molecule has 0 spiro atoms. The smallest absolute Gasteiger partial charge is 0.00504 e. The molecule has 0 unspecified atom stereocenters. The molecule has 0 aromatic rings. The van der Waals surface area contributed by atoms with Crippen molar-refractivity contribution in [2.45, 2.75) is 65.2 Å². The monoisotopic (exact) mass is 266 g/mol. The Balaban J connectivity index is 1.95. The molecule has 1 N–H and O–H groups in total. The van der Waals surface area contributed by atoms with Gasteiger partial charge in [-0.2, -0.15) is 0 Å². The van der Waals surface area contributed by atoms with E-state index in [9.17, 15) is 0 Å². The van der Waals surface area contributed by atoms with Crippen molar-refractivity contribution in [3.8, 4) is 0 Å². The Morgan fingerprint density at radius 2 is 1.63 bits per heavy atom. The maximum atomic E-state index is 3.47. The SMILES string of the molecule is CCC1(CC)CCN(CC2(CNC)CCCCC2)C1. The number of hydrogen-bond donors (Lipinski definition) is 1. The molecule has 1 aliphatic heterocycles. The first kappa shape index (κ1) is 15.3. The third-order valence-corrected chi connectivity index (χ3v) is 6.04. The Hall–Kier alpha value is -0.0800. The summed E-state index contributed by atoms with van der Waals surface area (Å²) in [6.07, 6.45) is 11.4. The standard InChI is InChI=1S/C17H34N2/c1-4-16(5-2)11-12-19(14-16)15-17(13-18-3)9-7-6-8-10-17/h18H,4-15H2,1-3H3. The highest BCUT2D eigenvalue weighted by Crippen LogP contribution is 2.41. The van der Waals surface area contributed by atoms with Gasteiger partial charge in [0.1, 0.15) is 0 Å². The van der Waals surface area contributed by atoms with Crippen LogP contribution in [0, 0.1) is 10.8 Å². The van der Waals surface area contributed by atoms with E-state index >= 15 is 0 Å². The predicted molar refractivity (Wildman–Crippen MR) is 83.5 cm³/mol. The highest BCUT2D eigenvalue weighted by molar-refractivity contribution is 4.93. The molecule has 2 aliphatic rings. The molecular formula is C17H34N2. The molecule has 2 heteroatoms. The summed E-state index contributed by atoms with van der Waals surface area (Å²) in [5.74, 6) is 0. The van der Waals surface area contributed by atoms with Crippen LogP contribution in [0.4, 0.5) is 0 Å². The van der Waals surface area contributed by atoms with E-state index in [1.54, 1.807) is 0 Å². The van der Waals surface area contributed by atoms with Crippen LogP contribution >= 0.6 is 0 Å². The fourth-order valence-electron chi connectivity index (χ4n) is 4.53. The summed E-state index contributed by atoms with van der Waals surface area (Å²) in [5, 5.41) is 3.47. The maximum absolute atomic E-state index is 3.47. The van der Waals surface area contributed by atoms with Crippen molar-refractivity contribution < 1.29 is 0 Å². The molecule has 112 valence electrons. The number of nitrogens with zero attached hydrogens (tertiary/aromatic N) is 1. The van der Waals surface area contributed by atoms with Crippen molar-refractivity contribution in [2.24, 2.45) is 10.8 Å². The zero-order valence-corrected chi connectivity index (χ0v) is 13.4. The molecule has 0 radical (unpaired) electrons. The predicted octanol–water partition coefficient (Wildman–Crippen LogP) is 3.67. The first-order chi connectivity index (χ1) is 9.17. The van der Waals surface area contributed by atoms with Crippen LogP contribution in [0.15, 0.2) is 0 Å². The quantitative estimate of drug-likeness (QED) is 0.789. The Morgan fingerprint density at radius 1 is 0.947 bits per heavy atom. The van der Waals surface area contributed by atoms with E-state index in [2.05, 4.69) is 31.1 Å². The zero-order valence-electron chi connectivity index (χ0n) is 13.4. The summed E-state index contributed by atoms with van der Waals surface area (Å²) >= 11 is 0. The van der Waals surface area contributed by atoms with E-state index in [1.807, 2.05) is 0 Å². The number of likely N-dealkylation sites (tertiary alicyclic amines) is 1. The Morgan fingerprint density at radius 3 is 2.16 bits per heavy atom. The molecule has 19 heavy (non-hydrogen) atoms. The van der Waals surface area contributed by atoms with Gasteiger partial charge in [-0.25, -0.2) is 0 Å². The fraction of sp³-hybridized carbons (Fsp3) is 1.00. The Bertz CT molecular complexity index is 259. The van der Waals surface area contributed by atoms with Gasteiger partial charge in [-0.1, -0.05) is 33.1 Å². The molecular weight excluding hydrogens is 232 g/mol. The van der Waals surface area contributed by atoms with Gasteiger partial charge in [-0.3, -0.25) is 0 Å². The Labute approximate surface area is 120 Å². The largest absolute Gasteiger partial charge is 0.319 e. The lowest BCUT2D eigenvalue weighted by Crippen LogP contribution is -2.44. The number of hydrogen-bond acceptors (Lipinski definition) is 2. The average molecular weight is 266 g/mol. The molecule has 2 fully saturated rings. The molecule has 1 heterocycles. The summed E-state index contributed by atoms with van der Waals surface area (Å²) in [7, 11) is 2.13. The summed E-state index contributed by atoms with van der Waals surface area (Å²) in [4.78, 5) is 2.79. The van der Waals surface area contributed by atoms with Gasteiger partial charge in [0.05, 0.1) is 0 Å². The lowest BCUT2D eigenvalue weighted by molar-refractivity contribution is 0.109. The minimum atomic E-state index is 0.574. The van der Waals surface area contributed by atoms with E-state index < -0.39 is 0 Å². The maximum Gasteiger partial charge on any atom is 0.00504 e. The zero-order chi connectivity index (χ0) is 13.8. The molecule has 0 bridgehead atoms. The first-order valence-corrected chi connectivity index (χ1v) is 8.54. The minimum Gasteiger partial charge on any atom is -0.319 e. The summed E-state index contributed by atoms with van der Waals surface area (Å²) in [6, 6.07) is 0. The van der Waals surface area contributed by atoms with Crippen LogP contribution in [0.2, 0.25) is 0 Å². The third kappa shape index (κ3) is 3.52. The number of rotatable bonds is 6. The van der Waals surface area contributed by atoms with Crippen molar-refractivity contribution >= 4 is 0 Å². The van der Waals surface area contributed by atoms with Crippen LogP contribution in [0.5, 0.6) is 0 Å². The van der Waals surface area contributed by atoms with Gasteiger partial charge in [-0.15, -0.1) is 0 Å². The van der Waals surface area contributed by atoms with Crippen LogP contribution in [-0.2, 0) is 0 Å². The third-order valence-electron chi connectivity index (χ3n) is 6.04. The van der Waals surface area contributed by atoms with E-state index in [-0.39, 0.29) is 0 Å². The molecule has 2 nitrogen and oxygen atoms in total. The van der Waals surface area contributed by atoms with Gasteiger partial charge >= 0.3 is 0 Å². The lowest BCUT2D eigenvalue weighted by Gasteiger charge is -2.40. The van der Waals surface area contributed by atoms with Crippen molar-refractivity contribution in [1.82, 2.24) is 10.2 Å². The molecule has 1 saturated carbocycles. The van der Waals surface area contributed by atoms with Gasteiger partial charge in [0.2, 0.25) is 0 Å². The topological polar surface area (TPSA) is 15.3 Å². The van der Waals surface area contributed by atoms with Crippen molar-refractivity contribution in [2.75, 3.05) is 33.2 Å². The number of nitrogens with one attached hydrogen (secondary N) is 1. The van der Waals surface area contributed by atoms with E-state index in [0.29, 0.717) is 10.8 Å². The summed E-state index contributed by atoms with van der Waals surface area (Å²) in [6.45, 7) is 10.0. The van der Waals surface area contributed by atoms with Gasteiger partial charge in [0.25, 0.3) is 0 Å². The van der Waals surface area contributed by atoms with Crippen LogP contribution in [-0.4, -0.2) is 38.1 Å². The summed E-state index contributed by atoms with van der Waals surface area (Å²) in [5.41, 5.74) is 1.21. The molecule has 1 aliphatic carbocycles. The molecule has 2 rings (SSSR count). The van der Waals surface area contributed by atoms with Crippen LogP contribution in [0.25, 0.3) is 0 Å². The fourth-order valence-corrected chi connectivity index (χ4v) is 4.53. The van der Waals surface area contributed by atoms with E-state index in [1.165, 1.54) is 77.5 Å². The highest BCUT2D eigenvalue weighted by atomic mass is 15.2. The van der Waals surface area contributed by atoms with Crippen LogP contribution in [0.1, 0.15) is 65.2 Å². The molecule has 0 aromatic carbocycles. The van der Waals surface area contributed by atoms with E-state index in [0.717, 1.165) is 0 Å². The van der Waals surface area contributed by atoms with Crippen molar-refractivity contribution in [3.63, 3.8) is 0 Å². The van der Waals surface area contributed by atoms with Crippen LogP contribution in [0.3, 0.4) is 0 Å². The molecule has 0 atom stereocenters. The van der Waals surface area contributed by atoms with Gasteiger partial charge in [0.15, 0.2) is 0 Å². The van der Waals surface area contributed by atoms with E-state index in [4.69, 9.17) is 0 Å². The normalized spacial score (nSPS) is 26.7. The van der Waals surface area contributed by atoms with Gasteiger partial charge in [0, 0.05) is 19.6 Å². The van der Waals surface area contributed by atoms with Crippen molar-refractivity contribution in [3.05, 3.63) is 0 Å².